The summed E-state index contributed by atoms with van der Waals surface area (Å²) in [5, 5.41) is 6.05. The quantitative estimate of drug-likeness (QED) is 0.863. The van der Waals surface area contributed by atoms with Crippen molar-refractivity contribution < 1.29 is 9.59 Å². The molecule has 1 aromatic carbocycles. The Morgan fingerprint density at radius 2 is 2.18 bits per heavy atom. The monoisotopic (exact) mass is 341 g/mol. The smallest absolute Gasteiger partial charge is 0.253 e. The molecule has 0 saturated carbocycles. The zero-order chi connectivity index (χ0) is 15.0. The molecule has 2 aliphatic heterocycles. The Balaban J connectivity index is 0.00000176. The SMILES string of the molecule is CC1Sc2ccc(C(=O)N(C)C3CCNC3)cc2NC1=O.Cl. The van der Waals surface area contributed by atoms with Crippen molar-refractivity contribution in [3.63, 3.8) is 0 Å². The number of hydrogen-bond acceptors (Lipinski definition) is 4. The second-order valence-electron chi connectivity index (χ2n) is 5.52. The van der Waals surface area contributed by atoms with Crippen LogP contribution in [-0.4, -0.2) is 48.1 Å². The van der Waals surface area contributed by atoms with Gasteiger partial charge < -0.3 is 15.5 Å². The first kappa shape index (κ1) is 17.1. The van der Waals surface area contributed by atoms with E-state index in [1.165, 1.54) is 11.8 Å². The number of nitrogens with zero attached hydrogens (tertiary/aromatic N) is 1. The van der Waals surface area contributed by atoms with Gasteiger partial charge in [0.05, 0.1) is 10.9 Å². The van der Waals surface area contributed by atoms with Crippen LogP contribution in [0.2, 0.25) is 0 Å². The van der Waals surface area contributed by atoms with Gasteiger partial charge in [0.25, 0.3) is 5.91 Å². The van der Waals surface area contributed by atoms with Crippen LogP contribution in [0.3, 0.4) is 0 Å². The molecule has 1 fully saturated rings. The number of benzene rings is 1. The molecule has 0 aromatic heterocycles. The minimum absolute atomic E-state index is 0. The van der Waals surface area contributed by atoms with Gasteiger partial charge in [-0.15, -0.1) is 24.2 Å². The molecule has 0 bridgehead atoms. The molecule has 0 radical (unpaired) electrons. The molecule has 0 aliphatic carbocycles. The predicted molar refractivity (Wildman–Crippen MR) is 91.0 cm³/mol. The number of thioether (sulfide) groups is 1. The molecule has 1 aromatic rings. The molecule has 3 rings (SSSR count). The molecule has 22 heavy (non-hydrogen) atoms. The third kappa shape index (κ3) is 3.24. The third-order valence-electron chi connectivity index (χ3n) is 4.06. The Morgan fingerprint density at radius 3 is 2.86 bits per heavy atom. The molecule has 1 saturated heterocycles. The van der Waals surface area contributed by atoms with Crippen molar-refractivity contribution in [2.24, 2.45) is 0 Å². The van der Waals surface area contributed by atoms with Gasteiger partial charge in [-0.1, -0.05) is 0 Å². The van der Waals surface area contributed by atoms with E-state index in [0.717, 1.165) is 30.1 Å². The standard InChI is InChI=1S/C15H19N3O2S.ClH/c1-9-14(19)17-12-7-10(3-4-13(12)21-9)15(20)18(2)11-5-6-16-8-11;/h3-4,7,9,11,16H,5-6,8H2,1-2H3,(H,17,19);1H. The fourth-order valence-corrected chi connectivity index (χ4v) is 3.61. The number of halogens is 1. The molecule has 2 aliphatic rings. The van der Waals surface area contributed by atoms with Gasteiger partial charge in [-0.3, -0.25) is 9.59 Å². The number of hydrogen-bond donors (Lipinski definition) is 2. The van der Waals surface area contributed by atoms with E-state index in [0.29, 0.717) is 5.56 Å². The average Bonchev–Trinajstić information content (AvgIpc) is 3.00. The normalized spacial score (nSPS) is 23.3. The second kappa shape index (κ2) is 6.89. The van der Waals surface area contributed by atoms with Crippen LogP contribution in [0.25, 0.3) is 0 Å². The number of carbonyl (C=O) groups is 2. The minimum atomic E-state index is -0.0914. The summed E-state index contributed by atoms with van der Waals surface area (Å²) in [7, 11) is 1.84. The predicted octanol–water partition coefficient (Wildman–Crippen LogP) is 1.97. The highest BCUT2D eigenvalue weighted by atomic mass is 35.5. The zero-order valence-electron chi connectivity index (χ0n) is 12.6. The van der Waals surface area contributed by atoms with E-state index in [9.17, 15) is 9.59 Å². The lowest BCUT2D eigenvalue weighted by Gasteiger charge is -2.25. The summed E-state index contributed by atoms with van der Waals surface area (Å²) >= 11 is 1.53. The molecule has 5 nitrogen and oxygen atoms in total. The van der Waals surface area contributed by atoms with E-state index in [1.807, 2.05) is 26.1 Å². The number of rotatable bonds is 2. The van der Waals surface area contributed by atoms with Crippen LogP contribution < -0.4 is 10.6 Å². The summed E-state index contributed by atoms with van der Waals surface area (Å²) in [6, 6.07) is 5.80. The van der Waals surface area contributed by atoms with Gasteiger partial charge in [0.15, 0.2) is 0 Å². The summed E-state index contributed by atoms with van der Waals surface area (Å²) in [6.45, 7) is 3.68. The maximum atomic E-state index is 12.5. The topological polar surface area (TPSA) is 61.4 Å². The highest BCUT2D eigenvalue weighted by Gasteiger charge is 2.27. The number of likely N-dealkylation sites (N-methyl/N-ethyl adjacent to an activating group) is 1. The summed E-state index contributed by atoms with van der Waals surface area (Å²) in [4.78, 5) is 27.1. The van der Waals surface area contributed by atoms with Crippen molar-refractivity contribution in [1.29, 1.82) is 0 Å². The number of amides is 2. The van der Waals surface area contributed by atoms with E-state index in [-0.39, 0.29) is 35.5 Å². The van der Waals surface area contributed by atoms with E-state index >= 15 is 0 Å². The van der Waals surface area contributed by atoms with Crippen molar-refractivity contribution in [2.45, 2.75) is 29.5 Å². The molecular formula is C15H20ClN3O2S. The van der Waals surface area contributed by atoms with Crippen LogP contribution in [0.4, 0.5) is 5.69 Å². The van der Waals surface area contributed by atoms with Crippen LogP contribution >= 0.6 is 24.2 Å². The van der Waals surface area contributed by atoms with Crippen molar-refractivity contribution in [1.82, 2.24) is 10.2 Å². The van der Waals surface area contributed by atoms with E-state index in [2.05, 4.69) is 10.6 Å². The van der Waals surface area contributed by atoms with Crippen molar-refractivity contribution in [3.05, 3.63) is 23.8 Å². The van der Waals surface area contributed by atoms with E-state index < -0.39 is 0 Å². The van der Waals surface area contributed by atoms with Crippen LogP contribution in [0.5, 0.6) is 0 Å². The van der Waals surface area contributed by atoms with Gasteiger partial charge in [0.1, 0.15) is 0 Å². The van der Waals surface area contributed by atoms with Gasteiger partial charge in [0.2, 0.25) is 5.91 Å². The Labute approximate surface area is 140 Å². The lowest BCUT2D eigenvalue weighted by atomic mass is 10.1. The number of fused-ring (bicyclic) bond motifs is 1. The molecule has 7 heteroatoms. The van der Waals surface area contributed by atoms with Crippen LogP contribution in [-0.2, 0) is 4.79 Å². The minimum Gasteiger partial charge on any atom is -0.337 e. The van der Waals surface area contributed by atoms with Crippen LogP contribution in [0.1, 0.15) is 23.7 Å². The first-order valence-electron chi connectivity index (χ1n) is 7.15. The molecule has 2 amide bonds. The Bertz CT molecular complexity index is 590. The number of carbonyl (C=O) groups excluding carboxylic acids is 2. The number of anilines is 1. The van der Waals surface area contributed by atoms with Crippen molar-refractivity contribution in [2.75, 3.05) is 25.5 Å². The van der Waals surface area contributed by atoms with Gasteiger partial charge >= 0.3 is 0 Å². The van der Waals surface area contributed by atoms with E-state index in [1.54, 1.807) is 11.0 Å². The summed E-state index contributed by atoms with van der Waals surface area (Å²) in [6.07, 6.45) is 0.983. The maximum Gasteiger partial charge on any atom is 0.253 e. The molecule has 0 spiro atoms. The van der Waals surface area contributed by atoms with Gasteiger partial charge in [-0.25, -0.2) is 0 Å². The third-order valence-corrected chi connectivity index (χ3v) is 5.24. The Kier molecular flexibility index (Phi) is 5.36. The van der Waals surface area contributed by atoms with Crippen molar-refractivity contribution in [3.8, 4) is 0 Å². The Morgan fingerprint density at radius 1 is 1.41 bits per heavy atom. The highest BCUT2D eigenvalue weighted by Crippen LogP contribution is 2.36. The summed E-state index contributed by atoms with van der Waals surface area (Å²) in [5.41, 5.74) is 1.37. The fraction of sp³-hybridized carbons (Fsp3) is 0.467. The molecule has 2 heterocycles. The lowest BCUT2D eigenvalue weighted by Crippen LogP contribution is -2.38. The van der Waals surface area contributed by atoms with Crippen molar-refractivity contribution >= 4 is 41.7 Å². The molecular weight excluding hydrogens is 322 g/mol. The average molecular weight is 342 g/mol. The first-order chi connectivity index (χ1) is 10.1. The largest absolute Gasteiger partial charge is 0.337 e. The van der Waals surface area contributed by atoms with Crippen LogP contribution in [0.15, 0.2) is 23.1 Å². The second-order valence-corrected chi connectivity index (χ2v) is 6.91. The lowest BCUT2D eigenvalue weighted by molar-refractivity contribution is -0.115. The molecule has 120 valence electrons. The zero-order valence-corrected chi connectivity index (χ0v) is 14.2. The van der Waals surface area contributed by atoms with Gasteiger partial charge in [0, 0.05) is 30.1 Å². The van der Waals surface area contributed by atoms with Gasteiger partial charge in [-0.05, 0) is 38.1 Å². The summed E-state index contributed by atoms with van der Waals surface area (Å²) < 4.78 is 0. The van der Waals surface area contributed by atoms with Crippen LogP contribution in [0, 0.1) is 0 Å². The summed E-state index contributed by atoms with van der Waals surface area (Å²) in [5.74, 6) is -0.00480. The molecule has 2 unspecified atom stereocenters. The fourth-order valence-electron chi connectivity index (χ4n) is 2.68. The number of nitrogens with one attached hydrogen (secondary N) is 2. The molecule has 2 N–H and O–H groups in total. The highest BCUT2D eigenvalue weighted by molar-refractivity contribution is 8.00. The molecule has 2 atom stereocenters. The Hall–Kier alpha value is -1.24. The maximum absolute atomic E-state index is 12.5. The van der Waals surface area contributed by atoms with Gasteiger partial charge in [-0.2, -0.15) is 0 Å². The first-order valence-corrected chi connectivity index (χ1v) is 8.03. The van der Waals surface area contributed by atoms with E-state index in [4.69, 9.17) is 0 Å².